The van der Waals surface area contributed by atoms with Crippen molar-refractivity contribution in [3.05, 3.63) is 23.9 Å². The number of aromatic nitrogens is 1. The van der Waals surface area contributed by atoms with Crippen LogP contribution in [0.2, 0.25) is 0 Å². The number of pyridine rings is 1. The third kappa shape index (κ3) is 2.49. The van der Waals surface area contributed by atoms with Crippen molar-refractivity contribution < 1.29 is 4.79 Å². The Labute approximate surface area is 94.4 Å². The maximum atomic E-state index is 11.7. The van der Waals surface area contributed by atoms with Crippen LogP contribution in [0.15, 0.2) is 18.3 Å². The van der Waals surface area contributed by atoms with Gasteiger partial charge in [0.05, 0.1) is 0 Å². The molecule has 0 spiro atoms. The number of carbonyl (C=O) groups excluding carboxylic acids is 1. The summed E-state index contributed by atoms with van der Waals surface area (Å²) in [5, 5.41) is 2.92. The van der Waals surface area contributed by atoms with Gasteiger partial charge in [-0.25, -0.2) is 10.8 Å². The molecule has 1 saturated carbocycles. The van der Waals surface area contributed by atoms with Gasteiger partial charge in [-0.1, -0.05) is 6.42 Å². The number of carbonyl (C=O) groups is 1. The molecule has 16 heavy (non-hydrogen) atoms. The Hall–Kier alpha value is -1.62. The van der Waals surface area contributed by atoms with Crippen LogP contribution < -0.4 is 16.6 Å². The second-order valence-corrected chi connectivity index (χ2v) is 4.08. The van der Waals surface area contributed by atoms with Crippen LogP contribution >= 0.6 is 0 Å². The number of amides is 1. The molecule has 5 heteroatoms. The Balaban J connectivity index is 1.91. The number of nitrogens with two attached hydrogens (primary N) is 1. The second kappa shape index (κ2) is 4.94. The molecule has 0 aromatic carbocycles. The summed E-state index contributed by atoms with van der Waals surface area (Å²) in [5.41, 5.74) is 3.00. The van der Waals surface area contributed by atoms with Gasteiger partial charge >= 0.3 is 0 Å². The normalized spacial score (nSPS) is 15.3. The van der Waals surface area contributed by atoms with Crippen LogP contribution in [-0.4, -0.2) is 17.4 Å². The Morgan fingerprint density at radius 1 is 1.56 bits per heavy atom. The van der Waals surface area contributed by atoms with E-state index in [9.17, 15) is 4.79 Å². The Bertz CT molecular complexity index is 376. The van der Waals surface area contributed by atoms with E-state index in [4.69, 9.17) is 5.84 Å². The largest absolute Gasteiger partial charge is 0.352 e. The van der Waals surface area contributed by atoms with E-state index < -0.39 is 0 Å². The minimum absolute atomic E-state index is 0.0641. The predicted molar refractivity (Wildman–Crippen MR) is 61.7 cm³/mol. The molecule has 1 aliphatic rings. The van der Waals surface area contributed by atoms with Crippen molar-refractivity contribution in [2.24, 2.45) is 11.8 Å². The minimum atomic E-state index is -0.0641. The number of hydrazine groups is 1. The monoisotopic (exact) mass is 220 g/mol. The molecule has 1 aliphatic carbocycles. The van der Waals surface area contributed by atoms with Crippen molar-refractivity contribution in [3.8, 4) is 0 Å². The van der Waals surface area contributed by atoms with Gasteiger partial charge in [0.1, 0.15) is 5.82 Å². The van der Waals surface area contributed by atoms with E-state index in [1.54, 1.807) is 18.3 Å². The highest BCUT2D eigenvalue weighted by molar-refractivity contribution is 5.94. The third-order valence-corrected chi connectivity index (χ3v) is 2.95. The zero-order chi connectivity index (χ0) is 11.4. The van der Waals surface area contributed by atoms with Crippen LogP contribution in [0, 0.1) is 5.92 Å². The van der Waals surface area contributed by atoms with Gasteiger partial charge in [-0.3, -0.25) is 4.79 Å². The molecule has 5 nitrogen and oxygen atoms in total. The fourth-order valence-corrected chi connectivity index (χ4v) is 1.69. The maximum Gasteiger partial charge on any atom is 0.251 e. The van der Waals surface area contributed by atoms with Gasteiger partial charge in [-0.15, -0.1) is 0 Å². The van der Waals surface area contributed by atoms with Gasteiger partial charge in [-0.05, 0) is 30.9 Å². The number of nitrogens with zero attached hydrogens (tertiary/aromatic N) is 1. The van der Waals surface area contributed by atoms with E-state index in [1.807, 2.05) is 0 Å². The molecule has 86 valence electrons. The lowest BCUT2D eigenvalue weighted by Gasteiger charge is -2.25. The van der Waals surface area contributed by atoms with Crippen LogP contribution in [-0.2, 0) is 0 Å². The molecular formula is C11H16N4O. The summed E-state index contributed by atoms with van der Waals surface area (Å²) in [6.45, 7) is 0.770. The van der Waals surface area contributed by atoms with E-state index >= 15 is 0 Å². The van der Waals surface area contributed by atoms with Gasteiger partial charge < -0.3 is 10.7 Å². The lowest BCUT2D eigenvalue weighted by Crippen LogP contribution is -2.32. The molecular weight excluding hydrogens is 204 g/mol. The van der Waals surface area contributed by atoms with E-state index in [0.29, 0.717) is 17.3 Å². The zero-order valence-electron chi connectivity index (χ0n) is 9.07. The zero-order valence-corrected chi connectivity index (χ0v) is 9.07. The van der Waals surface area contributed by atoms with Crippen LogP contribution in [0.25, 0.3) is 0 Å². The topological polar surface area (TPSA) is 80.0 Å². The first-order chi connectivity index (χ1) is 7.79. The van der Waals surface area contributed by atoms with Crippen molar-refractivity contribution in [2.45, 2.75) is 19.3 Å². The quantitative estimate of drug-likeness (QED) is 0.520. The number of nitrogen functional groups attached to an aromatic ring is 1. The summed E-state index contributed by atoms with van der Waals surface area (Å²) < 4.78 is 0. The molecule has 1 heterocycles. The van der Waals surface area contributed by atoms with Crippen molar-refractivity contribution in [2.75, 3.05) is 12.0 Å². The number of anilines is 1. The molecule has 0 unspecified atom stereocenters. The summed E-state index contributed by atoms with van der Waals surface area (Å²) in [4.78, 5) is 15.7. The number of hydrogen-bond donors (Lipinski definition) is 3. The smallest absolute Gasteiger partial charge is 0.251 e. The first-order valence-electron chi connectivity index (χ1n) is 5.50. The van der Waals surface area contributed by atoms with Crippen LogP contribution in [0.4, 0.5) is 5.82 Å². The maximum absolute atomic E-state index is 11.7. The van der Waals surface area contributed by atoms with E-state index in [0.717, 1.165) is 6.54 Å². The SMILES string of the molecule is NNc1cc(C(=O)NCC2CCC2)ccn1. The Morgan fingerprint density at radius 2 is 2.38 bits per heavy atom. The lowest BCUT2D eigenvalue weighted by molar-refractivity contribution is 0.0939. The van der Waals surface area contributed by atoms with Crippen LogP contribution in [0.5, 0.6) is 0 Å². The van der Waals surface area contributed by atoms with Gasteiger partial charge in [0.25, 0.3) is 5.91 Å². The van der Waals surface area contributed by atoms with Crippen molar-refractivity contribution in [3.63, 3.8) is 0 Å². The van der Waals surface area contributed by atoms with Gasteiger partial charge in [0.2, 0.25) is 0 Å². The van der Waals surface area contributed by atoms with E-state index in [2.05, 4.69) is 15.7 Å². The Kier molecular flexibility index (Phi) is 3.36. The molecule has 0 saturated heterocycles. The summed E-state index contributed by atoms with van der Waals surface area (Å²) in [6, 6.07) is 3.31. The predicted octanol–water partition coefficient (Wildman–Crippen LogP) is 0.897. The van der Waals surface area contributed by atoms with Crippen LogP contribution in [0.1, 0.15) is 29.6 Å². The van der Waals surface area contributed by atoms with Gasteiger partial charge in [0, 0.05) is 18.3 Å². The molecule has 2 rings (SSSR count). The summed E-state index contributed by atoms with van der Waals surface area (Å²) in [7, 11) is 0. The lowest BCUT2D eigenvalue weighted by atomic mass is 9.85. The Morgan fingerprint density at radius 3 is 3.00 bits per heavy atom. The molecule has 4 N–H and O–H groups in total. The molecule has 1 aromatic heterocycles. The minimum Gasteiger partial charge on any atom is -0.352 e. The summed E-state index contributed by atoms with van der Waals surface area (Å²) in [6.07, 6.45) is 5.31. The highest BCUT2D eigenvalue weighted by Gasteiger charge is 2.18. The molecule has 0 aliphatic heterocycles. The number of hydrogen-bond acceptors (Lipinski definition) is 4. The highest BCUT2D eigenvalue weighted by Crippen LogP contribution is 2.25. The second-order valence-electron chi connectivity index (χ2n) is 4.08. The fourth-order valence-electron chi connectivity index (χ4n) is 1.69. The summed E-state index contributed by atoms with van der Waals surface area (Å²) in [5.74, 6) is 6.32. The van der Waals surface area contributed by atoms with Gasteiger partial charge in [-0.2, -0.15) is 0 Å². The first kappa shape index (κ1) is 10.9. The van der Waals surface area contributed by atoms with Crippen molar-refractivity contribution >= 4 is 11.7 Å². The molecule has 1 amide bonds. The molecule has 0 bridgehead atoms. The van der Waals surface area contributed by atoms with E-state index in [-0.39, 0.29) is 5.91 Å². The molecule has 1 aromatic rings. The number of nitrogens with one attached hydrogen (secondary N) is 2. The number of rotatable bonds is 4. The van der Waals surface area contributed by atoms with Crippen molar-refractivity contribution in [1.82, 2.24) is 10.3 Å². The molecule has 0 radical (unpaired) electrons. The van der Waals surface area contributed by atoms with E-state index in [1.165, 1.54) is 19.3 Å². The standard InChI is InChI=1S/C11H16N4O/c12-15-10-6-9(4-5-13-10)11(16)14-7-8-2-1-3-8/h4-6,8H,1-3,7,12H2,(H,13,15)(H,14,16). The average molecular weight is 220 g/mol. The fraction of sp³-hybridized carbons (Fsp3) is 0.455. The van der Waals surface area contributed by atoms with Crippen LogP contribution in [0.3, 0.4) is 0 Å². The molecule has 0 atom stereocenters. The highest BCUT2D eigenvalue weighted by atomic mass is 16.1. The van der Waals surface area contributed by atoms with Crippen molar-refractivity contribution in [1.29, 1.82) is 0 Å². The third-order valence-electron chi connectivity index (χ3n) is 2.95. The van der Waals surface area contributed by atoms with Gasteiger partial charge in [0.15, 0.2) is 0 Å². The average Bonchev–Trinajstić information content (AvgIpc) is 2.27. The molecule has 1 fully saturated rings. The first-order valence-corrected chi connectivity index (χ1v) is 5.50. The summed E-state index contributed by atoms with van der Waals surface area (Å²) >= 11 is 0.